The molecule has 0 bridgehead atoms. The molecule has 1 fully saturated rings. The van der Waals surface area contributed by atoms with Crippen LogP contribution in [0.15, 0.2) is 4.99 Å². The van der Waals surface area contributed by atoms with Crippen molar-refractivity contribution < 1.29 is 4.74 Å². The quantitative estimate of drug-likeness (QED) is 0.399. The maximum atomic E-state index is 5.39. The Morgan fingerprint density at radius 3 is 2.62 bits per heavy atom. The Kier molecular flexibility index (Phi) is 10.6. The first-order valence-corrected chi connectivity index (χ1v) is 7.72. The van der Waals surface area contributed by atoms with Crippen LogP contribution in [-0.2, 0) is 4.74 Å². The van der Waals surface area contributed by atoms with Gasteiger partial charge in [-0.3, -0.25) is 9.89 Å². The Hall–Kier alpha value is -0.0800. The largest absolute Gasteiger partial charge is 0.377 e. The number of guanidine groups is 1. The molecule has 1 aliphatic rings. The van der Waals surface area contributed by atoms with Crippen LogP contribution in [0.3, 0.4) is 0 Å². The Morgan fingerprint density at radius 2 is 2.05 bits per heavy atom. The number of halogens is 1. The van der Waals surface area contributed by atoms with E-state index in [9.17, 15) is 0 Å². The SMILES string of the molecule is CN=C(NCCN1CCCCC1C)NCC(C)(C)OC.I. The molecule has 0 radical (unpaired) electrons. The van der Waals surface area contributed by atoms with Crippen LogP contribution in [0.4, 0.5) is 0 Å². The van der Waals surface area contributed by atoms with Gasteiger partial charge in [0.1, 0.15) is 0 Å². The van der Waals surface area contributed by atoms with Gasteiger partial charge in [-0.1, -0.05) is 6.42 Å². The van der Waals surface area contributed by atoms with Gasteiger partial charge in [0.05, 0.1) is 5.60 Å². The average molecular weight is 412 g/mol. The van der Waals surface area contributed by atoms with Crippen LogP contribution >= 0.6 is 24.0 Å². The van der Waals surface area contributed by atoms with E-state index in [-0.39, 0.29) is 29.6 Å². The second kappa shape index (κ2) is 10.6. The third-order valence-corrected chi connectivity index (χ3v) is 4.09. The highest BCUT2D eigenvalue weighted by Crippen LogP contribution is 2.15. The number of hydrogen-bond acceptors (Lipinski definition) is 3. The molecule has 21 heavy (non-hydrogen) atoms. The molecular weight excluding hydrogens is 379 g/mol. The molecule has 126 valence electrons. The molecule has 0 spiro atoms. The molecule has 0 aromatic carbocycles. The lowest BCUT2D eigenvalue weighted by Gasteiger charge is -2.33. The minimum absolute atomic E-state index is 0. The van der Waals surface area contributed by atoms with E-state index < -0.39 is 0 Å². The fourth-order valence-electron chi connectivity index (χ4n) is 2.40. The number of nitrogens with zero attached hydrogens (tertiary/aromatic N) is 2. The summed E-state index contributed by atoms with van der Waals surface area (Å²) >= 11 is 0. The molecule has 0 aromatic heterocycles. The van der Waals surface area contributed by atoms with Crippen LogP contribution in [0.2, 0.25) is 0 Å². The van der Waals surface area contributed by atoms with Gasteiger partial charge in [0.2, 0.25) is 0 Å². The van der Waals surface area contributed by atoms with Gasteiger partial charge in [-0.15, -0.1) is 24.0 Å². The minimum Gasteiger partial charge on any atom is -0.377 e. The summed E-state index contributed by atoms with van der Waals surface area (Å²) in [4.78, 5) is 6.81. The topological polar surface area (TPSA) is 48.9 Å². The average Bonchev–Trinajstić information content (AvgIpc) is 2.44. The number of hydrogen-bond donors (Lipinski definition) is 2. The van der Waals surface area contributed by atoms with E-state index in [0.29, 0.717) is 6.04 Å². The van der Waals surface area contributed by atoms with E-state index >= 15 is 0 Å². The van der Waals surface area contributed by atoms with Crippen molar-refractivity contribution >= 4 is 29.9 Å². The van der Waals surface area contributed by atoms with Crippen LogP contribution in [0.25, 0.3) is 0 Å². The van der Waals surface area contributed by atoms with Gasteiger partial charge in [-0.05, 0) is 40.2 Å². The van der Waals surface area contributed by atoms with Gasteiger partial charge in [-0.2, -0.15) is 0 Å². The number of methoxy groups -OCH3 is 1. The van der Waals surface area contributed by atoms with Gasteiger partial charge >= 0.3 is 0 Å². The Balaban J connectivity index is 0.00000400. The third kappa shape index (κ3) is 8.21. The predicted molar refractivity (Wildman–Crippen MR) is 101 cm³/mol. The van der Waals surface area contributed by atoms with E-state index in [1.165, 1.54) is 25.8 Å². The highest BCUT2D eigenvalue weighted by molar-refractivity contribution is 14.0. The van der Waals surface area contributed by atoms with Gasteiger partial charge in [0.25, 0.3) is 0 Å². The van der Waals surface area contributed by atoms with Crippen molar-refractivity contribution in [3.05, 3.63) is 0 Å². The highest BCUT2D eigenvalue weighted by atomic mass is 127. The fourth-order valence-corrected chi connectivity index (χ4v) is 2.40. The van der Waals surface area contributed by atoms with Crippen LogP contribution in [0.1, 0.15) is 40.0 Å². The molecule has 1 rings (SSSR count). The van der Waals surface area contributed by atoms with Gasteiger partial charge in [-0.25, -0.2) is 0 Å². The maximum Gasteiger partial charge on any atom is 0.191 e. The summed E-state index contributed by atoms with van der Waals surface area (Å²) in [6.45, 7) is 10.4. The van der Waals surface area contributed by atoms with Gasteiger partial charge in [0.15, 0.2) is 5.96 Å². The monoisotopic (exact) mass is 412 g/mol. The number of aliphatic imine (C=N–C) groups is 1. The lowest BCUT2D eigenvalue weighted by Crippen LogP contribution is -2.48. The van der Waals surface area contributed by atoms with Crippen LogP contribution in [0.5, 0.6) is 0 Å². The molecule has 6 heteroatoms. The highest BCUT2D eigenvalue weighted by Gasteiger charge is 2.18. The number of nitrogens with one attached hydrogen (secondary N) is 2. The maximum absolute atomic E-state index is 5.39. The Morgan fingerprint density at radius 1 is 1.33 bits per heavy atom. The number of rotatable bonds is 6. The van der Waals surface area contributed by atoms with Gasteiger partial charge < -0.3 is 15.4 Å². The summed E-state index contributed by atoms with van der Waals surface area (Å²) < 4.78 is 5.39. The first kappa shape index (κ1) is 20.9. The molecule has 0 amide bonds. The molecule has 2 N–H and O–H groups in total. The van der Waals surface area contributed by atoms with E-state index in [1.807, 2.05) is 0 Å². The van der Waals surface area contributed by atoms with Crippen molar-refractivity contribution in [1.29, 1.82) is 0 Å². The summed E-state index contributed by atoms with van der Waals surface area (Å²) in [5.74, 6) is 0.847. The van der Waals surface area contributed by atoms with Crippen LogP contribution in [0, 0.1) is 0 Å². The standard InChI is InChI=1S/C15H32N4O.HI/c1-13-8-6-7-10-19(13)11-9-17-14(16-4)18-12-15(2,3)20-5;/h13H,6-12H2,1-5H3,(H2,16,17,18);1H. The van der Waals surface area contributed by atoms with Crippen molar-refractivity contribution in [3.63, 3.8) is 0 Å². The zero-order valence-corrected chi connectivity index (χ0v) is 16.6. The van der Waals surface area contributed by atoms with E-state index in [4.69, 9.17) is 4.74 Å². The first-order chi connectivity index (χ1) is 9.48. The Bertz CT molecular complexity index is 310. The molecule has 0 aromatic rings. The van der Waals surface area contributed by atoms with Gasteiger partial charge in [0, 0.05) is 39.8 Å². The molecule has 5 nitrogen and oxygen atoms in total. The third-order valence-electron chi connectivity index (χ3n) is 4.09. The predicted octanol–water partition coefficient (Wildman–Crippen LogP) is 2.07. The summed E-state index contributed by atoms with van der Waals surface area (Å²) in [5.41, 5.74) is -0.182. The normalized spacial score (nSPS) is 20.8. The second-order valence-corrected chi connectivity index (χ2v) is 6.20. The molecule has 1 saturated heterocycles. The van der Waals surface area contributed by atoms with E-state index in [1.54, 1.807) is 14.2 Å². The molecule has 1 atom stereocenters. The molecule has 1 unspecified atom stereocenters. The lowest BCUT2D eigenvalue weighted by atomic mass is 10.0. The smallest absolute Gasteiger partial charge is 0.191 e. The summed E-state index contributed by atoms with van der Waals surface area (Å²) in [6.07, 6.45) is 4.04. The zero-order chi connectivity index (χ0) is 15.0. The Labute approximate surface area is 147 Å². The lowest BCUT2D eigenvalue weighted by molar-refractivity contribution is 0.0268. The molecule has 0 saturated carbocycles. The van der Waals surface area contributed by atoms with Crippen molar-refractivity contribution in [2.45, 2.75) is 51.7 Å². The number of likely N-dealkylation sites (tertiary alicyclic amines) is 1. The molecule has 1 heterocycles. The van der Waals surface area contributed by atoms with Crippen molar-refractivity contribution in [3.8, 4) is 0 Å². The van der Waals surface area contributed by atoms with Crippen molar-refractivity contribution in [2.24, 2.45) is 4.99 Å². The first-order valence-electron chi connectivity index (χ1n) is 7.72. The molecular formula is C15H33IN4O. The summed E-state index contributed by atoms with van der Waals surface area (Å²) in [5, 5.41) is 6.68. The van der Waals surface area contributed by atoms with Crippen molar-refractivity contribution in [2.75, 3.05) is 40.3 Å². The minimum atomic E-state index is -0.182. The fraction of sp³-hybridized carbons (Fsp3) is 0.933. The van der Waals surface area contributed by atoms with Crippen LogP contribution < -0.4 is 10.6 Å². The summed E-state index contributed by atoms with van der Waals surface area (Å²) in [7, 11) is 3.54. The van der Waals surface area contributed by atoms with Crippen LogP contribution in [-0.4, -0.2) is 62.8 Å². The summed E-state index contributed by atoms with van der Waals surface area (Å²) in [6, 6.07) is 0.716. The zero-order valence-electron chi connectivity index (χ0n) is 14.2. The van der Waals surface area contributed by atoms with E-state index in [0.717, 1.165) is 25.6 Å². The van der Waals surface area contributed by atoms with E-state index in [2.05, 4.69) is 41.3 Å². The van der Waals surface area contributed by atoms with Crippen molar-refractivity contribution in [1.82, 2.24) is 15.5 Å². The molecule has 1 aliphatic heterocycles. The number of piperidine rings is 1. The molecule has 0 aliphatic carbocycles. The second-order valence-electron chi connectivity index (χ2n) is 6.20. The number of ether oxygens (including phenoxy) is 1.